The van der Waals surface area contributed by atoms with E-state index in [-0.39, 0.29) is 0 Å². The summed E-state index contributed by atoms with van der Waals surface area (Å²) in [4.78, 5) is 0. The molecule has 0 spiro atoms. The summed E-state index contributed by atoms with van der Waals surface area (Å²) in [7, 11) is 0. The number of hydrogen-bond donors (Lipinski definition) is 1. The summed E-state index contributed by atoms with van der Waals surface area (Å²) in [6, 6.07) is 7.94. The van der Waals surface area contributed by atoms with Crippen LogP contribution in [0.4, 0.5) is 0 Å². The zero-order valence-corrected chi connectivity index (χ0v) is 15.4. The van der Waals surface area contributed by atoms with E-state index in [0.717, 1.165) is 23.7 Å². The molecule has 0 aliphatic heterocycles. The van der Waals surface area contributed by atoms with Gasteiger partial charge in [-0.2, -0.15) is 0 Å². The van der Waals surface area contributed by atoms with E-state index in [1.54, 1.807) is 0 Å². The fraction of sp³-hybridized carbons (Fsp3) is 0.400. The Balaban J connectivity index is 0.000000409. The molecule has 22 heavy (non-hydrogen) atoms. The fourth-order valence-corrected chi connectivity index (χ4v) is 2.02. The first-order valence-corrected chi connectivity index (χ1v) is 8.16. The van der Waals surface area contributed by atoms with E-state index < -0.39 is 0 Å². The molecule has 0 atom stereocenters. The molecule has 0 amide bonds. The van der Waals surface area contributed by atoms with Crippen molar-refractivity contribution < 1.29 is 0 Å². The Morgan fingerprint density at radius 2 is 1.68 bits per heavy atom. The second-order valence-electron chi connectivity index (χ2n) is 5.76. The zero-order chi connectivity index (χ0) is 17.0. The highest BCUT2D eigenvalue weighted by Crippen LogP contribution is 2.08. The summed E-state index contributed by atoms with van der Waals surface area (Å²) in [5.74, 6) is 0. The maximum Gasteiger partial charge on any atom is 0.0406 e. The van der Waals surface area contributed by atoms with Crippen molar-refractivity contribution in [3.05, 3.63) is 70.3 Å². The Hall–Kier alpha value is -1.31. The molecule has 1 nitrogen and oxygen atoms in total. The lowest BCUT2D eigenvalue weighted by atomic mass is 10.1. The molecule has 0 radical (unpaired) electrons. The van der Waals surface area contributed by atoms with E-state index in [2.05, 4.69) is 51.7 Å². The van der Waals surface area contributed by atoms with E-state index in [1.807, 2.05) is 31.2 Å². The number of hydrogen-bond acceptors (Lipinski definition) is 1. The Labute approximate surface area is 141 Å². The van der Waals surface area contributed by atoms with Crippen molar-refractivity contribution in [3.8, 4) is 0 Å². The molecule has 0 aliphatic carbocycles. The van der Waals surface area contributed by atoms with Gasteiger partial charge in [-0.15, -0.1) is 0 Å². The normalized spacial score (nSPS) is 10.5. The van der Waals surface area contributed by atoms with Crippen molar-refractivity contribution in [1.29, 1.82) is 0 Å². The molecule has 2 heteroatoms. The van der Waals surface area contributed by atoms with E-state index in [9.17, 15) is 0 Å². The standard InChI is InChI=1S/C10H14ClN.C10H16/c1-2-7-12-8-9-3-5-10(11)6-4-9;1-8(2)6-10(5)7-9(3)4/h3-6,12H,2,7-8H2,1H3;6-7H,1H2,2-5H3/b;10-6-. The molecule has 1 rings (SSSR count). The van der Waals surface area contributed by atoms with Crippen LogP contribution < -0.4 is 5.32 Å². The van der Waals surface area contributed by atoms with E-state index in [1.165, 1.54) is 23.1 Å². The van der Waals surface area contributed by atoms with E-state index in [0.29, 0.717) is 0 Å². The predicted octanol–water partition coefficient (Wildman–Crippen LogP) is 6.31. The highest BCUT2D eigenvalue weighted by atomic mass is 35.5. The first kappa shape index (κ1) is 20.7. The zero-order valence-electron chi connectivity index (χ0n) is 14.7. The minimum atomic E-state index is 0.800. The monoisotopic (exact) mass is 319 g/mol. The van der Waals surface area contributed by atoms with Crippen LogP contribution in [-0.2, 0) is 6.54 Å². The third-order valence-corrected chi connectivity index (χ3v) is 2.91. The Morgan fingerprint density at radius 3 is 2.14 bits per heavy atom. The summed E-state index contributed by atoms with van der Waals surface area (Å²) in [5.41, 5.74) is 4.99. The summed E-state index contributed by atoms with van der Waals surface area (Å²) in [6.45, 7) is 16.2. The van der Waals surface area contributed by atoms with Gasteiger partial charge in [-0.05, 0) is 58.4 Å². The molecule has 1 aromatic rings. The molecule has 0 heterocycles. The quantitative estimate of drug-likeness (QED) is 0.478. The lowest BCUT2D eigenvalue weighted by molar-refractivity contribution is 0.675. The fourth-order valence-electron chi connectivity index (χ4n) is 1.90. The first-order chi connectivity index (χ1) is 10.3. The van der Waals surface area contributed by atoms with Gasteiger partial charge in [0.2, 0.25) is 0 Å². The van der Waals surface area contributed by atoms with E-state index >= 15 is 0 Å². The van der Waals surface area contributed by atoms with Gasteiger partial charge >= 0.3 is 0 Å². The van der Waals surface area contributed by atoms with Gasteiger partial charge in [0.15, 0.2) is 0 Å². The van der Waals surface area contributed by atoms with Crippen molar-refractivity contribution in [2.75, 3.05) is 6.54 Å². The van der Waals surface area contributed by atoms with Gasteiger partial charge in [-0.25, -0.2) is 0 Å². The second-order valence-corrected chi connectivity index (χ2v) is 6.20. The van der Waals surface area contributed by atoms with Crippen molar-refractivity contribution in [2.45, 2.75) is 47.6 Å². The number of allylic oxidation sites excluding steroid dienone is 5. The van der Waals surface area contributed by atoms with Crippen LogP contribution >= 0.6 is 11.6 Å². The van der Waals surface area contributed by atoms with Gasteiger partial charge < -0.3 is 5.32 Å². The largest absolute Gasteiger partial charge is 0.313 e. The van der Waals surface area contributed by atoms with Crippen LogP contribution in [0.3, 0.4) is 0 Å². The molecule has 0 aliphatic rings. The van der Waals surface area contributed by atoms with Crippen molar-refractivity contribution in [3.63, 3.8) is 0 Å². The molecule has 0 unspecified atom stereocenters. The number of benzene rings is 1. The minimum absolute atomic E-state index is 0.800. The molecule has 0 saturated heterocycles. The molecule has 1 aromatic carbocycles. The molecule has 122 valence electrons. The van der Waals surface area contributed by atoms with Gasteiger partial charge in [0.1, 0.15) is 0 Å². The smallest absolute Gasteiger partial charge is 0.0406 e. The second kappa shape index (κ2) is 12.3. The van der Waals surface area contributed by atoms with Gasteiger partial charge in [0.05, 0.1) is 0 Å². The maximum atomic E-state index is 5.75. The highest BCUT2D eigenvalue weighted by molar-refractivity contribution is 6.30. The van der Waals surface area contributed by atoms with Crippen LogP contribution in [0, 0.1) is 0 Å². The minimum Gasteiger partial charge on any atom is -0.313 e. The number of rotatable bonds is 6. The maximum absolute atomic E-state index is 5.75. The predicted molar refractivity (Wildman–Crippen MR) is 101 cm³/mol. The van der Waals surface area contributed by atoms with Crippen LogP contribution in [0.2, 0.25) is 5.02 Å². The van der Waals surface area contributed by atoms with Crippen LogP contribution in [0.5, 0.6) is 0 Å². The number of halogens is 1. The molecular formula is C20H30ClN. The van der Waals surface area contributed by atoms with E-state index in [4.69, 9.17) is 11.6 Å². The van der Waals surface area contributed by atoms with Crippen LogP contribution in [0.15, 0.2) is 59.7 Å². The summed E-state index contributed by atoms with van der Waals surface area (Å²) < 4.78 is 0. The van der Waals surface area contributed by atoms with Gasteiger partial charge in [0, 0.05) is 11.6 Å². The average molecular weight is 320 g/mol. The van der Waals surface area contributed by atoms with Crippen molar-refractivity contribution in [2.24, 2.45) is 0 Å². The molecular weight excluding hydrogens is 290 g/mol. The summed E-state index contributed by atoms with van der Waals surface area (Å²) in [6.07, 6.45) is 5.40. The third kappa shape index (κ3) is 12.4. The Bertz CT molecular complexity index is 491. The Morgan fingerprint density at radius 1 is 1.09 bits per heavy atom. The Kier molecular flexibility index (Phi) is 11.5. The SMILES string of the molecule is C=C(C)/C=C(/C)C=C(C)C.CCCNCc1ccc(Cl)cc1. The lowest BCUT2D eigenvalue weighted by Crippen LogP contribution is -2.13. The average Bonchev–Trinajstić information content (AvgIpc) is 2.40. The third-order valence-electron chi connectivity index (χ3n) is 2.66. The highest BCUT2D eigenvalue weighted by Gasteiger charge is 1.91. The lowest BCUT2D eigenvalue weighted by Gasteiger charge is -2.02. The van der Waals surface area contributed by atoms with Gasteiger partial charge in [-0.3, -0.25) is 0 Å². The van der Waals surface area contributed by atoms with Crippen molar-refractivity contribution >= 4 is 11.6 Å². The van der Waals surface area contributed by atoms with Crippen LogP contribution in [0.1, 0.15) is 46.6 Å². The van der Waals surface area contributed by atoms with Gasteiger partial charge in [0.25, 0.3) is 0 Å². The molecule has 0 saturated carbocycles. The van der Waals surface area contributed by atoms with Crippen LogP contribution in [0.25, 0.3) is 0 Å². The first-order valence-electron chi connectivity index (χ1n) is 7.79. The topological polar surface area (TPSA) is 12.0 Å². The van der Waals surface area contributed by atoms with Crippen LogP contribution in [-0.4, -0.2) is 6.54 Å². The molecule has 0 bridgehead atoms. The van der Waals surface area contributed by atoms with Gasteiger partial charge in [-0.1, -0.05) is 66.1 Å². The summed E-state index contributed by atoms with van der Waals surface area (Å²) in [5, 5.41) is 4.13. The molecule has 1 N–H and O–H groups in total. The van der Waals surface area contributed by atoms with Crippen molar-refractivity contribution in [1.82, 2.24) is 5.32 Å². The molecule has 0 aromatic heterocycles. The molecule has 0 fully saturated rings. The number of nitrogens with one attached hydrogen (secondary N) is 1. The summed E-state index contributed by atoms with van der Waals surface area (Å²) >= 11 is 5.75.